The molecule has 0 saturated heterocycles. The molecule has 1 nitrogen and oxygen atoms in total. The van der Waals surface area contributed by atoms with Gasteiger partial charge in [0.05, 0.1) is 6.10 Å². The summed E-state index contributed by atoms with van der Waals surface area (Å²) < 4.78 is 0. The van der Waals surface area contributed by atoms with Gasteiger partial charge >= 0.3 is 0 Å². The van der Waals surface area contributed by atoms with Gasteiger partial charge in [-0.1, -0.05) is 91.5 Å². The fraction of sp³-hybridized carbons (Fsp3) is 0.576. The fourth-order valence-corrected chi connectivity index (χ4v) is 3.44. The lowest BCUT2D eigenvalue weighted by atomic mass is 10.1. The lowest BCUT2D eigenvalue weighted by molar-refractivity contribution is 0.181. The van der Waals surface area contributed by atoms with E-state index in [1.165, 1.54) is 6.42 Å². The maximum Gasteiger partial charge on any atom is 0.0512 e. The zero-order chi connectivity index (χ0) is 24.8. The second-order valence-corrected chi connectivity index (χ2v) is 9.00. The van der Waals surface area contributed by atoms with E-state index < -0.39 is 0 Å². The molecule has 1 N–H and O–H groups in total. The van der Waals surface area contributed by atoms with Gasteiger partial charge < -0.3 is 5.11 Å². The van der Waals surface area contributed by atoms with Gasteiger partial charge in [0.15, 0.2) is 0 Å². The summed E-state index contributed by atoms with van der Waals surface area (Å²) in [4.78, 5) is 0. The van der Waals surface area contributed by atoms with E-state index in [1.54, 1.807) is 0 Å². The van der Waals surface area contributed by atoms with Gasteiger partial charge in [0.2, 0.25) is 0 Å². The minimum absolute atomic E-state index is 0.148. The second-order valence-electron chi connectivity index (χ2n) is 9.00. The standard InChI is InChI=1S/C33H54O/c1-3-4-5-6-7-8-9-10-11-12-13-14-15-16-17-18-19-20-21-22-23-24-25-26-27-28-29-30-31-32-33(2)34/h3-4,7-8,11-12,15-16,19-20,23-24,27-28,33-34H,5-6,9-10,13-14,17-18,21-22,25-26,29-32H2,1-2H3. The molecule has 0 heterocycles. The molecule has 1 unspecified atom stereocenters. The van der Waals surface area contributed by atoms with Gasteiger partial charge in [-0.2, -0.15) is 0 Å². The third kappa shape index (κ3) is 30.1. The summed E-state index contributed by atoms with van der Waals surface area (Å²) in [6, 6.07) is 0. The molecule has 0 aromatic rings. The van der Waals surface area contributed by atoms with Crippen molar-refractivity contribution in [1.29, 1.82) is 0 Å². The first-order valence-corrected chi connectivity index (χ1v) is 14.0. The lowest BCUT2D eigenvalue weighted by Crippen LogP contribution is -1.97. The molecule has 0 amide bonds. The van der Waals surface area contributed by atoms with E-state index in [4.69, 9.17) is 0 Å². The Morgan fingerprint density at radius 2 is 0.676 bits per heavy atom. The third-order valence-corrected chi connectivity index (χ3v) is 5.48. The molecular formula is C33H54O. The SMILES string of the molecule is CC=CCCC=CCCC=CCCC=CCCC=CCCC=CCCC=CCCCCC(C)O. The smallest absolute Gasteiger partial charge is 0.0512 e. The lowest BCUT2D eigenvalue weighted by Gasteiger charge is -2.01. The van der Waals surface area contributed by atoms with Crippen molar-refractivity contribution in [1.82, 2.24) is 0 Å². The quantitative estimate of drug-likeness (QED) is 0.117. The van der Waals surface area contributed by atoms with Gasteiger partial charge in [-0.3, -0.25) is 0 Å². The number of aliphatic hydroxyl groups is 1. The highest BCUT2D eigenvalue weighted by molar-refractivity contribution is 4.94. The first-order chi connectivity index (χ1) is 16.8. The van der Waals surface area contributed by atoms with Crippen LogP contribution in [-0.4, -0.2) is 11.2 Å². The Hall–Kier alpha value is -1.86. The highest BCUT2D eigenvalue weighted by atomic mass is 16.3. The van der Waals surface area contributed by atoms with Crippen LogP contribution in [0.15, 0.2) is 85.1 Å². The molecule has 1 heteroatoms. The first-order valence-electron chi connectivity index (χ1n) is 14.0. The maximum atomic E-state index is 9.22. The van der Waals surface area contributed by atoms with Crippen LogP contribution in [0.2, 0.25) is 0 Å². The molecule has 0 aromatic carbocycles. The van der Waals surface area contributed by atoms with Crippen molar-refractivity contribution < 1.29 is 5.11 Å². The summed E-state index contributed by atoms with van der Waals surface area (Å²) in [5, 5.41) is 9.22. The predicted molar refractivity (Wildman–Crippen MR) is 155 cm³/mol. The van der Waals surface area contributed by atoms with Gasteiger partial charge in [-0.15, -0.1) is 0 Å². The summed E-state index contributed by atoms with van der Waals surface area (Å²) in [5.41, 5.74) is 0. The molecule has 0 bridgehead atoms. The second kappa shape index (κ2) is 29.2. The minimum Gasteiger partial charge on any atom is -0.393 e. The van der Waals surface area contributed by atoms with Gasteiger partial charge in [0, 0.05) is 0 Å². The Balaban J connectivity index is 3.40. The summed E-state index contributed by atoms with van der Waals surface area (Å²) >= 11 is 0. The molecule has 0 aliphatic carbocycles. The highest BCUT2D eigenvalue weighted by Crippen LogP contribution is 2.05. The van der Waals surface area contributed by atoms with Crippen molar-refractivity contribution in [3.63, 3.8) is 0 Å². The van der Waals surface area contributed by atoms with Crippen LogP contribution in [0.3, 0.4) is 0 Å². The Morgan fingerprint density at radius 3 is 0.941 bits per heavy atom. The van der Waals surface area contributed by atoms with E-state index in [-0.39, 0.29) is 6.10 Å². The van der Waals surface area contributed by atoms with E-state index >= 15 is 0 Å². The third-order valence-electron chi connectivity index (χ3n) is 5.48. The van der Waals surface area contributed by atoms with E-state index in [2.05, 4.69) is 92.0 Å². The topological polar surface area (TPSA) is 20.2 Å². The van der Waals surface area contributed by atoms with Crippen LogP contribution in [0, 0.1) is 0 Å². The van der Waals surface area contributed by atoms with Crippen molar-refractivity contribution in [3.05, 3.63) is 85.1 Å². The zero-order valence-corrected chi connectivity index (χ0v) is 22.4. The molecule has 0 aliphatic rings. The summed E-state index contributed by atoms with van der Waals surface area (Å²) in [7, 11) is 0. The molecule has 34 heavy (non-hydrogen) atoms. The van der Waals surface area contributed by atoms with E-state index in [1.807, 2.05) is 6.92 Å². The summed E-state index contributed by atoms with van der Waals surface area (Å²) in [6.45, 7) is 3.95. The van der Waals surface area contributed by atoms with Crippen molar-refractivity contribution >= 4 is 0 Å². The Morgan fingerprint density at radius 1 is 0.412 bits per heavy atom. The largest absolute Gasteiger partial charge is 0.393 e. The van der Waals surface area contributed by atoms with E-state index in [9.17, 15) is 5.11 Å². The van der Waals surface area contributed by atoms with E-state index in [0.717, 1.165) is 96.3 Å². The number of hydrogen-bond donors (Lipinski definition) is 1. The van der Waals surface area contributed by atoms with Crippen LogP contribution < -0.4 is 0 Å². The first kappa shape index (κ1) is 32.1. The normalized spacial score (nSPS) is 14.1. The number of allylic oxidation sites excluding steroid dienone is 14. The van der Waals surface area contributed by atoms with Crippen LogP contribution in [0.5, 0.6) is 0 Å². The maximum absolute atomic E-state index is 9.22. The highest BCUT2D eigenvalue weighted by Gasteiger charge is 1.93. The molecule has 0 fully saturated rings. The van der Waals surface area contributed by atoms with Crippen LogP contribution >= 0.6 is 0 Å². The Bertz CT molecular complexity index is 598. The molecule has 0 radical (unpaired) electrons. The van der Waals surface area contributed by atoms with Gasteiger partial charge in [-0.05, 0) is 110 Å². The zero-order valence-electron chi connectivity index (χ0n) is 22.4. The molecule has 0 aromatic heterocycles. The predicted octanol–water partition coefficient (Wildman–Crippen LogP) is 10.5. The van der Waals surface area contributed by atoms with Crippen molar-refractivity contribution in [2.24, 2.45) is 0 Å². The molecule has 1 atom stereocenters. The van der Waals surface area contributed by atoms with Crippen molar-refractivity contribution in [2.45, 2.75) is 123 Å². The van der Waals surface area contributed by atoms with Crippen molar-refractivity contribution in [2.75, 3.05) is 0 Å². The van der Waals surface area contributed by atoms with Crippen LogP contribution in [0.25, 0.3) is 0 Å². The average Bonchev–Trinajstić information content (AvgIpc) is 2.83. The molecule has 0 aliphatic heterocycles. The molecule has 0 spiro atoms. The summed E-state index contributed by atoms with van der Waals surface area (Å²) in [6.07, 6.45) is 50.2. The van der Waals surface area contributed by atoms with Crippen LogP contribution in [0.1, 0.15) is 117 Å². The van der Waals surface area contributed by atoms with Gasteiger partial charge in [-0.25, -0.2) is 0 Å². The molecular weight excluding hydrogens is 412 g/mol. The van der Waals surface area contributed by atoms with Crippen LogP contribution in [-0.2, 0) is 0 Å². The van der Waals surface area contributed by atoms with Crippen LogP contribution in [0.4, 0.5) is 0 Å². The van der Waals surface area contributed by atoms with Crippen molar-refractivity contribution in [3.8, 4) is 0 Å². The monoisotopic (exact) mass is 466 g/mol. The minimum atomic E-state index is -0.148. The number of rotatable bonds is 23. The van der Waals surface area contributed by atoms with E-state index in [0.29, 0.717) is 0 Å². The van der Waals surface area contributed by atoms with Gasteiger partial charge in [0.1, 0.15) is 0 Å². The Kier molecular flexibility index (Phi) is 27.6. The number of hydrogen-bond acceptors (Lipinski definition) is 1. The molecule has 0 rings (SSSR count). The molecule has 0 saturated carbocycles. The number of unbranched alkanes of at least 4 members (excludes halogenated alkanes) is 8. The summed E-state index contributed by atoms with van der Waals surface area (Å²) in [5.74, 6) is 0. The molecule has 192 valence electrons. The average molecular weight is 467 g/mol. The number of aliphatic hydroxyl groups excluding tert-OH is 1. The Labute approximate surface area is 212 Å². The van der Waals surface area contributed by atoms with Gasteiger partial charge in [0.25, 0.3) is 0 Å². The fourth-order valence-electron chi connectivity index (χ4n) is 3.44.